The lowest BCUT2D eigenvalue weighted by Crippen LogP contribution is -2.32. The molecule has 0 aromatic rings. The van der Waals surface area contributed by atoms with Crippen molar-refractivity contribution < 1.29 is 9.53 Å². The summed E-state index contributed by atoms with van der Waals surface area (Å²) in [5.41, 5.74) is -0.125. The Morgan fingerprint density at radius 1 is 1.50 bits per heavy atom. The molecule has 16 heavy (non-hydrogen) atoms. The van der Waals surface area contributed by atoms with Gasteiger partial charge in [0.2, 0.25) is 0 Å². The van der Waals surface area contributed by atoms with Crippen molar-refractivity contribution in [2.24, 2.45) is 5.10 Å². The Morgan fingerprint density at radius 3 is 2.44 bits per heavy atom. The molecule has 1 amide bonds. The van der Waals surface area contributed by atoms with Gasteiger partial charge in [-0.15, -0.1) is 0 Å². The average molecular weight is 224 g/mol. The van der Waals surface area contributed by atoms with Crippen LogP contribution in [0.3, 0.4) is 0 Å². The standard InChI is InChI=1S/C12H20N2O2/c1-7-8-9-10(2)14(13-6)11(15)16-12(3,4)5/h8-9H,2,6-7H2,1,3-5H3/b9-8-. The Labute approximate surface area is 97.3 Å². The molecule has 0 aromatic carbocycles. The highest BCUT2D eigenvalue weighted by atomic mass is 16.6. The average Bonchev–Trinajstić information content (AvgIpc) is 2.12. The Bertz CT molecular complexity index is 301. The highest BCUT2D eigenvalue weighted by Gasteiger charge is 2.22. The second-order valence-electron chi connectivity index (χ2n) is 4.24. The molecule has 0 aliphatic rings. The predicted octanol–water partition coefficient (Wildman–Crippen LogP) is 3.32. The van der Waals surface area contributed by atoms with Gasteiger partial charge < -0.3 is 4.74 Å². The van der Waals surface area contributed by atoms with E-state index < -0.39 is 11.7 Å². The van der Waals surface area contributed by atoms with Gasteiger partial charge in [-0.1, -0.05) is 19.6 Å². The Balaban J connectivity index is 4.62. The van der Waals surface area contributed by atoms with Crippen LogP contribution in [-0.4, -0.2) is 23.4 Å². The van der Waals surface area contributed by atoms with Crippen molar-refractivity contribution in [1.29, 1.82) is 0 Å². The molecule has 0 radical (unpaired) electrons. The van der Waals surface area contributed by atoms with E-state index in [2.05, 4.69) is 18.4 Å². The molecule has 0 heterocycles. The maximum atomic E-state index is 11.7. The summed E-state index contributed by atoms with van der Waals surface area (Å²) >= 11 is 0. The van der Waals surface area contributed by atoms with Crippen LogP contribution < -0.4 is 0 Å². The minimum absolute atomic E-state index is 0.436. The first-order valence-electron chi connectivity index (χ1n) is 5.17. The predicted molar refractivity (Wildman–Crippen MR) is 66.2 cm³/mol. The maximum absolute atomic E-state index is 11.7. The summed E-state index contributed by atoms with van der Waals surface area (Å²) in [6, 6.07) is 0. The zero-order valence-electron chi connectivity index (χ0n) is 10.5. The van der Waals surface area contributed by atoms with Crippen molar-refractivity contribution in [3.05, 3.63) is 24.4 Å². The van der Waals surface area contributed by atoms with Gasteiger partial charge in [0.05, 0.1) is 5.70 Å². The number of carbonyl (C=O) groups excluding carboxylic acids is 1. The third-order valence-electron chi connectivity index (χ3n) is 1.53. The van der Waals surface area contributed by atoms with Gasteiger partial charge in [-0.25, -0.2) is 4.79 Å². The van der Waals surface area contributed by atoms with Gasteiger partial charge in [0.1, 0.15) is 5.60 Å². The van der Waals surface area contributed by atoms with Gasteiger partial charge in [-0.3, -0.25) is 0 Å². The smallest absolute Gasteiger partial charge is 0.435 e. The van der Waals surface area contributed by atoms with Gasteiger partial charge in [-0.2, -0.15) is 10.1 Å². The molecular formula is C12H20N2O2. The summed E-state index contributed by atoms with van der Waals surface area (Å²) in [7, 11) is 0. The number of hydrazone groups is 1. The van der Waals surface area contributed by atoms with E-state index in [0.717, 1.165) is 11.4 Å². The van der Waals surface area contributed by atoms with E-state index >= 15 is 0 Å². The number of ether oxygens (including phenoxy) is 1. The highest BCUT2D eigenvalue weighted by molar-refractivity contribution is 5.71. The summed E-state index contributed by atoms with van der Waals surface area (Å²) in [4.78, 5) is 11.7. The molecule has 4 nitrogen and oxygen atoms in total. The third kappa shape index (κ3) is 5.34. The topological polar surface area (TPSA) is 41.9 Å². The van der Waals surface area contributed by atoms with Crippen LogP contribution in [0.5, 0.6) is 0 Å². The number of hydrogen-bond acceptors (Lipinski definition) is 3. The van der Waals surface area contributed by atoms with Crippen LogP contribution in [0.4, 0.5) is 4.79 Å². The number of allylic oxidation sites excluding steroid dienone is 2. The fourth-order valence-corrected chi connectivity index (χ4v) is 0.895. The fourth-order valence-electron chi connectivity index (χ4n) is 0.895. The largest absolute Gasteiger partial charge is 0.442 e. The lowest BCUT2D eigenvalue weighted by atomic mass is 10.2. The Kier molecular flexibility index (Phi) is 5.50. The molecule has 0 N–H and O–H groups in total. The number of hydrogen-bond donors (Lipinski definition) is 0. The summed E-state index contributed by atoms with van der Waals surface area (Å²) in [5, 5.41) is 4.62. The zero-order valence-corrected chi connectivity index (χ0v) is 10.5. The molecule has 0 aliphatic heterocycles. The van der Waals surface area contributed by atoms with Gasteiger partial charge in [0, 0.05) is 6.72 Å². The Morgan fingerprint density at radius 2 is 2.06 bits per heavy atom. The van der Waals surface area contributed by atoms with E-state index in [-0.39, 0.29) is 0 Å². The van der Waals surface area contributed by atoms with Crippen LogP contribution in [0, 0.1) is 0 Å². The lowest BCUT2D eigenvalue weighted by Gasteiger charge is -2.24. The number of carbonyl (C=O) groups is 1. The van der Waals surface area contributed by atoms with E-state index in [1.165, 1.54) is 0 Å². The number of nitrogens with zero attached hydrogens (tertiary/aromatic N) is 2. The van der Waals surface area contributed by atoms with Crippen molar-refractivity contribution in [3.63, 3.8) is 0 Å². The van der Waals surface area contributed by atoms with Gasteiger partial charge in [0.25, 0.3) is 0 Å². The van der Waals surface area contributed by atoms with E-state index in [1.807, 2.05) is 13.0 Å². The molecule has 0 aliphatic carbocycles. The van der Waals surface area contributed by atoms with Crippen molar-refractivity contribution in [2.45, 2.75) is 39.7 Å². The molecular weight excluding hydrogens is 204 g/mol. The molecule has 0 rings (SSSR count). The van der Waals surface area contributed by atoms with Crippen LogP contribution in [0.1, 0.15) is 34.1 Å². The first kappa shape index (κ1) is 14.4. The summed E-state index contributed by atoms with van der Waals surface area (Å²) < 4.78 is 5.15. The van der Waals surface area contributed by atoms with Crippen LogP contribution in [0.25, 0.3) is 0 Å². The van der Waals surface area contributed by atoms with Crippen LogP contribution in [-0.2, 0) is 4.74 Å². The summed E-state index contributed by atoms with van der Waals surface area (Å²) in [5.74, 6) is 0. The van der Waals surface area contributed by atoms with Crippen LogP contribution in [0.2, 0.25) is 0 Å². The summed E-state index contributed by atoms with van der Waals surface area (Å²) in [6.45, 7) is 14.4. The monoisotopic (exact) mass is 224 g/mol. The minimum atomic E-state index is -0.576. The second kappa shape index (κ2) is 6.10. The quantitative estimate of drug-likeness (QED) is 0.417. The normalized spacial score (nSPS) is 11.2. The molecule has 0 unspecified atom stereocenters. The maximum Gasteiger partial charge on any atom is 0.435 e. The van der Waals surface area contributed by atoms with Crippen LogP contribution in [0.15, 0.2) is 29.5 Å². The third-order valence-corrected chi connectivity index (χ3v) is 1.53. The van der Waals surface area contributed by atoms with Crippen molar-refractivity contribution in [1.82, 2.24) is 5.01 Å². The van der Waals surface area contributed by atoms with Crippen LogP contribution >= 0.6 is 0 Å². The fraction of sp³-hybridized carbons (Fsp3) is 0.500. The minimum Gasteiger partial charge on any atom is -0.442 e. The van der Waals surface area contributed by atoms with E-state index in [1.54, 1.807) is 26.8 Å². The molecule has 0 spiro atoms. The highest BCUT2D eigenvalue weighted by Crippen LogP contribution is 2.13. The van der Waals surface area contributed by atoms with Crippen molar-refractivity contribution in [2.75, 3.05) is 0 Å². The van der Waals surface area contributed by atoms with Gasteiger partial charge in [0.15, 0.2) is 0 Å². The van der Waals surface area contributed by atoms with Gasteiger partial charge >= 0.3 is 6.09 Å². The number of amides is 1. The molecule has 4 heteroatoms. The molecule has 0 aromatic heterocycles. The second-order valence-corrected chi connectivity index (χ2v) is 4.24. The Hall–Kier alpha value is -1.58. The number of rotatable bonds is 4. The molecule has 0 saturated carbocycles. The van der Waals surface area contributed by atoms with E-state index in [4.69, 9.17) is 4.74 Å². The summed E-state index contributed by atoms with van der Waals surface area (Å²) in [6.07, 6.45) is 3.87. The molecule has 0 saturated heterocycles. The SMILES string of the molecule is C=NN(C(=C)/C=C\CC)C(=O)OC(C)(C)C. The first-order chi connectivity index (χ1) is 7.31. The lowest BCUT2D eigenvalue weighted by molar-refractivity contribution is 0.0326. The molecule has 0 atom stereocenters. The molecule has 0 fully saturated rings. The van der Waals surface area contributed by atoms with E-state index in [9.17, 15) is 4.79 Å². The van der Waals surface area contributed by atoms with Crippen molar-refractivity contribution in [3.8, 4) is 0 Å². The van der Waals surface area contributed by atoms with Gasteiger partial charge in [-0.05, 0) is 33.3 Å². The molecule has 90 valence electrons. The van der Waals surface area contributed by atoms with E-state index in [0.29, 0.717) is 5.70 Å². The molecule has 0 bridgehead atoms. The van der Waals surface area contributed by atoms with Crippen molar-refractivity contribution >= 4 is 12.8 Å². The zero-order chi connectivity index (χ0) is 12.8. The first-order valence-corrected chi connectivity index (χ1v) is 5.17.